The fourth-order valence-electron chi connectivity index (χ4n) is 3.46. The van der Waals surface area contributed by atoms with Crippen molar-refractivity contribution in [1.82, 2.24) is 9.78 Å². The quantitative estimate of drug-likeness (QED) is 0.181. The molecule has 0 aliphatic carbocycles. The summed E-state index contributed by atoms with van der Waals surface area (Å²) in [5.74, 6) is 0.672. The Morgan fingerprint density at radius 3 is 2.34 bits per heavy atom. The highest BCUT2D eigenvalue weighted by Crippen LogP contribution is 2.27. The van der Waals surface area contributed by atoms with Gasteiger partial charge in [-0.15, -0.1) is 11.8 Å². The van der Waals surface area contributed by atoms with Gasteiger partial charge >= 0.3 is 0 Å². The van der Waals surface area contributed by atoms with Crippen molar-refractivity contribution in [3.63, 3.8) is 0 Å². The second-order valence-electron chi connectivity index (χ2n) is 9.31. The van der Waals surface area contributed by atoms with Gasteiger partial charge in [0.05, 0.1) is 28.1 Å². The van der Waals surface area contributed by atoms with Gasteiger partial charge < -0.3 is 0 Å². The molecule has 188 valence electrons. The fraction of sp³-hybridized carbons (Fsp3) is 0.385. The SMILES string of the molecule is Cc1ccccc1S(=O)(=O)OCCCCc1ccc(CSc2cnn(C(C)(C)C)c(=O)c2Cl)cc1. The van der Waals surface area contributed by atoms with Crippen LogP contribution in [-0.2, 0) is 32.0 Å². The third kappa shape index (κ3) is 7.43. The van der Waals surface area contributed by atoms with Gasteiger partial charge in [-0.3, -0.25) is 8.98 Å². The first-order valence-corrected chi connectivity index (χ1v) is 14.2. The number of rotatable bonds is 10. The Morgan fingerprint density at radius 2 is 1.69 bits per heavy atom. The molecule has 0 unspecified atom stereocenters. The predicted octanol–water partition coefficient (Wildman–Crippen LogP) is 5.98. The minimum absolute atomic E-state index is 0.161. The predicted molar refractivity (Wildman–Crippen MR) is 142 cm³/mol. The fourth-order valence-corrected chi connectivity index (χ4v) is 5.77. The Hall–Kier alpha value is -2.13. The molecule has 3 aromatic rings. The zero-order valence-electron chi connectivity index (χ0n) is 20.5. The first-order valence-electron chi connectivity index (χ1n) is 11.4. The molecule has 0 saturated carbocycles. The molecule has 1 aromatic heterocycles. The van der Waals surface area contributed by atoms with Crippen molar-refractivity contribution in [2.75, 3.05) is 6.61 Å². The molecule has 0 bridgehead atoms. The molecule has 6 nitrogen and oxygen atoms in total. The molecule has 9 heteroatoms. The molecule has 0 spiro atoms. The minimum atomic E-state index is -3.72. The smallest absolute Gasteiger partial charge is 0.266 e. The summed E-state index contributed by atoms with van der Waals surface area (Å²) in [7, 11) is -3.72. The summed E-state index contributed by atoms with van der Waals surface area (Å²) in [5.41, 5.74) is 2.25. The average molecular weight is 535 g/mol. The van der Waals surface area contributed by atoms with E-state index in [2.05, 4.69) is 29.4 Å². The maximum absolute atomic E-state index is 12.5. The molecule has 1 heterocycles. The van der Waals surface area contributed by atoms with Crippen molar-refractivity contribution in [2.45, 2.75) is 68.0 Å². The molecule has 0 radical (unpaired) electrons. The van der Waals surface area contributed by atoms with E-state index in [0.29, 0.717) is 22.6 Å². The summed E-state index contributed by atoms with van der Waals surface area (Å²) in [4.78, 5) is 13.4. The minimum Gasteiger partial charge on any atom is -0.266 e. The largest absolute Gasteiger partial charge is 0.297 e. The van der Waals surface area contributed by atoms with Gasteiger partial charge in [0.25, 0.3) is 15.7 Å². The summed E-state index contributed by atoms with van der Waals surface area (Å²) in [5, 5.41) is 4.47. The maximum Gasteiger partial charge on any atom is 0.297 e. The summed E-state index contributed by atoms with van der Waals surface area (Å²) in [6, 6.07) is 15.1. The lowest BCUT2D eigenvalue weighted by atomic mass is 10.1. The van der Waals surface area contributed by atoms with E-state index < -0.39 is 15.7 Å². The van der Waals surface area contributed by atoms with E-state index in [-0.39, 0.29) is 22.1 Å². The highest BCUT2D eigenvalue weighted by Gasteiger charge is 2.19. The van der Waals surface area contributed by atoms with Crippen LogP contribution in [0.15, 0.2) is 69.3 Å². The lowest BCUT2D eigenvalue weighted by molar-refractivity contribution is 0.308. The van der Waals surface area contributed by atoms with Crippen LogP contribution in [0.2, 0.25) is 5.02 Å². The van der Waals surface area contributed by atoms with Crippen LogP contribution in [0.3, 0.4) is 0 Å². The topological polar surface area (TPSA) is 78.3 Å². The van der Waals surface area contributed by atoms with E-state index in [1.165, 1.54) is 22.0 Å². The van der Waals surface area contributed by atoms with Gasteiger partial charge in [-0.05, 0) is 69.7 Å². The number of halogens is 1. The van der Waals surface area contributed by atoms with E-state index in [1.54, 1.807) is 37.4 Å². The Balaban J connectivity index is 1.46. The first kappa shape index (κ1) is 27.5. The standard InChI is InChI=1S/C26H31ClN2O4S2/c1-19-9-5-6-11-23(19)35(31,32)33-16-8-7-10-20-12-14-21(15-13-20)18-34-22-17-28-29(26(2,3)4)25(30)24(22)27/h5-6,9,11-15,17H,7-8,10,16,18H2,1-4H3. The van der Waals surface area contributed by atoms with Crippen LogP contribution in [0.25, 0.3) is 0 Å². The van der Waals surface area contributed by atoms with E-state index in [4.69, 9.17) is 15.8 Å². The number of unbranched alkanes of at least 4 members (excludes halogenated alkanes) is 1. The van der Waals surface area contributed by atoms with Crippen molar-refractivity contribution >= 4 is 33.5 Å². The Labute approximate surface area is 216 Å². The van der Waals surface area contributed by atoms with Crippen LogP contribution in [0, 0.1) is 6.92 Å². The monoisotopic (exact) mass is 534 g/mol. The zero-order chi connectivity index (χ0) is 25.6. The van der Waals surface area contributed by atoms with Crippen molar-refractivity contribution in [3.05, 3.63) is 86.8 Å². The molecule has 0 saturated heterocycles. The summed E-state index contributed by atoms with van der Waals surface area (Å²) < 4.78 is 31.3. The molecular weight excluding hydrogens is 504 g/mol. The van der Waals surface area contributed by atoms with Crippen molar-refractivity contribution < 1.29 is 12.6 Å². The van der Waals surface area contributed by atoms with Gasteiger partial charge in [0.15, 0.2) is 0 Å². The number of aryl methyl sites for hydroxylation is 2. The average Bonchev–Trinajstić information content (AvgIpc) is 2.80. The number of benzene rings is 2. The van der Waals surface area contributed by atoms with Gasteiger partial charge in [-0.25, -0.2) is 4.68 Å². The molecule has 0 N–H and O–H groups in total. The lowest BCUT2D eigenvalue weighted by Gasteiger charge is -2.21. The summed E-state index contributed by atoms with van der Waals surface area (Å²) in [6.45, 7) is 7.65. The lowest BCUT2D eigenvalue weighted by Crippen LogP contribution is -2.36. The molecular formula is C26H31ClN2O4S2. The van der Waals surface area contributed by atoms with Gasteiger partial charge in [0.1, 0.15) is 5.02 Å². The number of hydrogen-bond acceptors (Lipinski definition) is 6. The summed E-state index contributed by atoms with van der Waals surface area (Å²) in [6.07, 6.45) is 3.95. The van der Waals surface area contributed by atoms with Crippen LogP contribution >= 0.6 is 23.4 Å². The molecule has 0 amide bonds. The Kier molecular flexibility index (Phi) is 9.21. The number of nitrogens with zero attached hydrogens (tertiary/aromatic N) is 2. The number of aromatic nitrogens is 2. The second kappa shape index (κ2) is 11.7. The number of hydrogen-bond donors (Lipinski definition) is 0. The van der Waals surface area contributed by atoms with Gasteiger partial charge in [0, 0.05) is 5.75 Å². The van der Waals surface area contributed by atoms with Crippen LogP contribution in [-0.4, -0.2) is 24.8 Å². The molecule has 0 fully saturated rings. The molecule has 2 aromatic carbocycles. The molecule has 35 heavy (non-hydrogen) atoms. The third-order valence-electron chi connectivity index (χ3n) is 5.40. The van der Waals surface area contributed by atoms with Gasteiger partial charge in [0.2, 0.25) is 0 Å². The van der Waals surface area contributed by atoms with E-state index >= 15 is 0 Å². The zero-order valence-corrected chi connectivity index (χ0v) is 22.8. The molecule has 0 aliphatic rings. The highest BCUT2D eigenvalue weighted by atomic mass is 35.5. The third-order valence-corrected chi connectivity index (χ3v) is 8.45. The van der Waals surface area contributed by atoms with Gasteiger partial charge in [-0.1, -0.05) is 54.1 Å². The maximum atomic E-state index is 12.5. The Bertz CT molecular complexity index is 1310. The second-order valence-corrected chi connectivity index (χ2v) is 12.3. The van der Waals surface area contributed by atoms with E-state index in [9.17, 15) is 13.2 Å². The molecule has 0 atom stereocenters. The first-order chi connectivity index (χ1) is 16.5. The van der Waals surface area contributed by atoms with Crippen LogP contribution in [0.1, 0.15) is 50.3 Å². The number of thioether (sulfide) groups is 1. The molecule has 3 rings (SSSR count). The van der Waals surface area contributed by atoms with Crippen LogP contribution in [0.4, 0.5) is 0 Å². The molecule has 0 aliphatic heterocycles. The highest BCUT2D eigenvalue weighted by molar-refractivity contribution is 7.98. The van der Waals surface area contributed by atoms with Crippen molar-refractivity contribution in [2.24, 2.45) is 0 Å². The Morgan fingerprint density at radius 1 is 1.03 bits per heavy atom. The van der Waals surface area contributed by atoms with Gasteiger partial charge in [-0.2, -0.15) is 13.5 Å². The van der Waals surface area contributed by atoms with Crippen LogP contribution < -0.4 is 5.56 Å². The summed E-state index contributed by atoms with van der Waals surface area (Å²) >= 11 is 7.79. The van der Waals surface area contributed by atoms with E-state index in [1.807, 2.05) is 20.8 Å². The van der Waals surface area contributed by atoms with Crippen molar-refractivity contribution in [1.29, 1.82) is 0 Å². The van der Waals surface area contributed by atoms with E-state index in [0.717, 1.165) is 18.4 Å². The normalized spacial score (nSPS) is 12.1. The van der Waals surface area contributed by atoms with Crippen molar-refractivity contribution in [3.8, 4) is 0 Å². The van der Waals surface area contributed by atoms with Crippen LogP contribution in [0.5, 0.6) is 0 Å².